The van der Waals surface area contributed by atoms with Crippen LogP contribution in [0.3, 0.4) is 0 Å². The Labute approximate surface area is 120 Å². The van der Waals surface area contributed by atoms with Gasteiger partial charge in [0.1, 0.15) is 11.5 Å². The number of methoxy groups -OCH3 is 1. The Morgan fingerprint density at radius 3 is 2.38 bits per heavy atom. The number of rotatable bonds is 3. The predicted molar refractivity (Wildman–Crippen MR) is 73.0 cm³/mol. The SMILES string of the molecule is C#Cc1ccc(-c2ccccc2OC)cc1OC(F)(F)F. The largest absolute Gasteiger partial charge is 0.573 e. The Hall–Kier alpha value is -2.61. The van der Waals surface area contributed by atoms with Crippen molar-refractivity contribution in [2.24, 2.45) is 0 Å². The maximum atomic E-state index is 12.4. The molecule has 0 aliphatic rings. The monoisotopic (exact) mass is 292 g/mol. The number of para-hydroxylation sites is 1. The third kappa shape index (κ3) is 3.48. The molecule has 2 nitrogen and oxygen atoms in total. The third-order valence-electron chi connectivity index (χ3n) is 2.78. The molecule has 108 valence electrons. The van der Waals surface area contributed by atoms with E-state index in [0.717, 1.165) is 0 Å². The fraction of sp³-hybridized carbons (Fsp3) is 0.125. The number of terminal acetylenes is 1. The average molecular weight is 292 g/mol. The predicted octanol–water partition coefficient (Wildman–Crippen LogP) is 4.24. The Kier molecular flexibility index (Phi) is 4.08. The van der Waals surface area contributed by atoms with E-state index in [1.807, 2.05) is 0 Å². The molecule has 0 saturated carbocycles. The van der Waals surface area contributed by atoms with Gasteiger partial charge in [-0.25, -0.2) is 0 Å². The minimum absolute atomic E-state index is 0.0333. The van der Waals surface area contributed by atoms with Crippen molar-refractivity contribution in [3.05, 3.63) is 48.0 Å². The van der Waals surface area contributed by atoms with Gasteiger partial charge in [0.25, 0.3) is 0 Å². The average Bonchev–Trinajstić information content (AvgIpc) is 2.45. The first-order valence-electron chi connectivity index (χ1n) is 5.94. The molecule has 0 fully saturated rings. The molecule has 0 atom stereocenters. The van der Waals surface area contributed by atoms with Gasteiger partial charge < -0.3 is 9.47 Å². The molecule has 0 amide bonds. The highest BCUT2D eigenvalue weighted by Gasteiger charge is 2.32. The van der Waals surface area contributed by atoms with Crippen molar-refractivity contribution in [3.8, 4) is 35.0 Å². The smallest absolute Gasteiger partial charge is 0.496 e. The number of hydrogen-bond donors (Lipinski definition) is 0. The quantitative estimate of drug-likeness (QED) is 0.788. The van der Waals surface area contributed by atoms with E-state index >= 15 is 0 Å². The summed E-state index contributed by atoms with van der Waals surface area (Å²) in [5.74, 6) is 2.31. The summed E-state index contributed by atoms with van der Waals surface area (Å²) in [4.78, 5) is 0. The summed E-state index contributed by atoms with van der Waals surface area (Å²) < 4.78 is 46.4. The van der Waals surface area contributed by atoms with Gasteiger partial charge in [0, 0.05) is 5.56 Å². The lowest BCUT2D eigenvalue weighted by atomic mass is 10.0. The maximum absolute atomic E-state index is 12.4. The molecule has 5 heteroatoms. The first kappa shape index (κ1) is 14.8. The zero-order valence-corrected chi connectivity index (χ0v) is 11.1. The molecule has 2 aromatic rings. The van der Waals surface area contributed by atoms with Crippen LogP contribution < -0.4 is 9.47 Å². The summed E-state index contributed by atoms with van der Waals surface area (Å²) in [6, 6.07) is 11.3. The normalized spacial score (nSPS) is 10.8. The van der Waals surface area contributed by atoms with Gasteiger partial charge in [-0.3, -0.25) is 0 Å². The van der Waals surface area contributed by atoms with E-state index in [9.17, 15) is 13.2 Å². The molecule has 0 bridgehead atoms. The van der Waals surface area contributed by atoms with Crippen LogP contribution in [0.4, 0.5) is 13.2 Å². The van der Waals surface area contributed by atoms with Crippen molar-refractivity contribution in [2.75, 3.05) is 7.11 Å². The zero-order valence-electron chi connectivity index (χ0n) is 11.1. The van der Waals surface area contributed by atoms with Crippen LogP contribution in [0.25, 0.3) is 11.1 Å². The van der Waals surface area contributed by atoms with Crippen LogP contribution >= 0.6 is 0 Å². The highest BCUT2D eigenvalue weighted by atomic mass is 19.4. The lowest BCUT2D eigenvalue weighted by molar-refractivity contribution is -0.274. The molecule has 0 N–H and O–H groups in total. The van der Waals surface area contributed by atoms with E-state index in [2.05, 4.69) is 10.7 Å². The second-order valence-corrected chi connectivity index (χ2v) is 4.10. The summed E-state index contributed by atoms with van der Waals surface area (Å²) in [5, 5.41) is 0. The van der Waals surface area contributed by atoms with Crippen molar-refractivity contribution in [2.45, 2.75) is 6.36 Å². The lowest BCUT2D eigenvalue weighted by Crippen LogP contribution is -2.17. The van der Waals surface area contributed by atoms with Crippen molar-refractivity contribution >= 4 is 0 Å². The maximum Gasteiger partial charge on any atom is 0.573 e. The number of ether oxygens (including phenoxy) is 2. The fourth-order valence-corrected chi connectivity index (χ4v) is 1.90. The molecule has 0 saturated heterocycles. The molecule has 0 aromatic heterocycles. The van der Waals surface area contributed by atoms with Gasteiger partial charge >= 0.3 is 6.36 Å². The molecule has 0 radical (unpaired) electrons. The van der Waals surface area contributed by atoms with E-state index in [-0.39, 0.29) is 5.56 Å². The van der Waals surface area contributed by atoms with Crippen molar-refractivity contribution in [3.63, 3.8) is 0 Å². The van der Waals surface area contributed by atoms with Gasteiger partial charge in [-0.05, 0) is 23.8 Å². The van der Waals surface area contributed by atoms with Crippen LogP contribution in [0.2, 0.25) is 0 Å². The van der Waals surface area contributed by atoms with Gasteiger partial charge in [-0.1, -0.05) is 30.2 Å². The van der Waals surface area contributed by atoms with Crippen LogP contribution in [-0.4, -0.2) is 13.5 Å². The Morgan fingerprint density at radius 2 is 1.76 bits per heavy atom. The van der Waals surface area contributed by atoms with Crippen LogP contribution in [0.5, 0.6) is 11.5 Å². The minimum Gasteiger partial charge on any atom is -0.496 e. The van der Waals surface area contributed by atoms with Crippen molar-refractivity contribution in [1.29, 1.82) is 0 Å². The molecular weight excluding hydrogens is 281 g/mol. The Morgan fingerprint density at radius 1 is 1.05 bits per heavy atom. The Bertz CT molecular complexity index is 685. The summed E-state index contributed by atoms with van der Waals surface area (Å²) in [6.45, 7) is 0. The van der Waals surface area contributed by atoms with Crippen molar-refractivity contribution in [1.82, 2.24) is 0 Å². The lowest BCUT2D eigenvalue weighted by Gasteiger charge is -2.13. The van der Waals surface area contributed by atoms with E-state index < -0.39 is 12.1 Å². The zero-order chi connectivity index (χ0) is 15.5. The number of hydrogen-bond acceptors (Lipinski definition) is 2. The topological polar surface area (TPSA) is 18.5 Å². The highest BCUT2D eigenvalue weighted by Crippen LogP contribution is 2.34. The van der Waals surface area contributed by atoms with Gasteiger partial charge in [-0.15, -0.1) is 19.6 Å². The summed E-state index contributed by atoms with van der Waals surface area (Å²) in [5.41, 5.74) is 1.20. The molecule has 2 aromatic carbocycles. The molecule has 0 aliphatic heterocycles. The van der Waals surface area contributed by atoms with Crippen LogP contribution in [-0.2, 0) is 0 Å². The second-order valence-electron chi connectivity index (χ2n) is 4.10. The summed E-state index contributed by atoms with van der Waals surface area (Å²) >= 11 is 0. The molecule has 21 heavy (non-hydrogen) atoms. The first-order valence-corrected chi connectivity index (χ1v) is 5.94. The van der Waals surface area contributed by atoms with E-state index in [0.29, 0.717) is 16.9 Å². The van der Waals surface area contributed by atoms with Gasteiger partial charge in [-0.2, -0.15) is 0 Å². The van der Waals surface area contributed by atoms with Gasteiger partial charge in [0.15, 0.2) is 0 Å². The molecule has 2 rings (SSSR count). The van der Waals surface area contributed by atoms with Crippen LogP contribution in [0.1, 0.15) is 5.56 Å². The van der Waals surface area contributed by atoms with Crippen molar-refractivity contribution < 1.29 is 22.6 Å². The summed E-state index contributed by atoms with van der Waals surface area (Å²) in [6.07, 6.45) is 0.392. The van der Waals surface area contributed by atoms with E-state index in [4.69, 9.17) is 11.2 Å². The molecule has 0 unspecified atom stereocenters. The standard InChI is InChI=1S/C16H11F3O2/c1-3-11-8-9-12(10-15(11)21-16(17,18)19)13-6-4-5-7-14(13)20-2/h1,4-10H,2H3. The molecular formula is C16H11F3O2. The highest BCUT2D eigenvalue weighted by molar-refractivity contribution is 5.73. The second kappa shape index (κ2) is 5.80. The third-order valence-corrected chi connectivity index (χ3v) is 2.78. The molecule has 0 aliphatic carbocycles. The Balaban J connectivity index is 2.52. The minimum atomic E-state index is -4.80. The van der Waals surface area contributed by atoms with Gasteiger partial charge in [0.2, 0.25) is 0 Å². The first-order chi connectivity index (χ1) is 9.94. The van der Waals surface area contributed by atoms with Crippen LogP contribution in [0.15, 0.2) is 42.5 Å². The van der Waals surface area contributed by atoms with E-state index in [1.165, 1.54) is 19.2 Å². The van der Waals surface area contributed by atoms with Crippen LogP contribution in [0, 0.1) is 12.3 Å². The number of alkyl halides is 3. The number of benzene rings is 2. The molecule has 0 heterocycles. The number of halogens is 3. The van der Waals surface area contributed by atoms with E-state index in [1.54, 1.807) is 30.3 Å². The van der Waals surface area contributed by atoms with Gasteiger partial charge in [0.05, 0.1) is 12.7 Å². The summed E-state index contributed by atoms with van der Waals surface area (Å²) in [7, 11) is 1.49. The molecule has 0 spiro atoms. The fourth-order valence-electron chi connectivity index (χ4n) is 1.90.